The standard InChI is InChI=1S/C10H8N2OS/c11-5-6-14-10-7-13-9-4-2-1-3-8(9)12-10/h1-4H,6-7H2. The van der Waals surface area contributed by atoms with Crippen molar-refractivity contribution in [1.82, 2.24) is 0 Å². The second-order valence-electron chi connectivity index (χ2n) is 2.71. The molecule has 14 heavy (non-hydrogen) atoms. The van der Waals surface area contributed by atoms with Crippen molar-refractivity contribution in [2.45, 2.75) is 0 Å². The number of fused-ring (bicyclic) bond motifs is 1. The van der Waals surface area contributed by atoms with Crippen LogP contribution in [-0.4, -0.2) is 17.4 Å². The molecule has 0 bridgehead atoms. The first-order valence-electron chi connectivity index (χ1n) is 4.19. The van der Waals surface area contributed by atoms with Gasteiger partial charge in [-0.3, -0.25) is 0 Å². The second-order valence-corrected chi connectivity index (χ2v) is 3.76. The SMILES string of the molecule is N#CCSC1=Nc2ccccc2OC1. The van der Waals surface area contributed by atoms with E-state index in [1.165, 1.54) is 11.8 Å². The first-order chi connectivity index (χ1) is 6.90. The zero-order chi connectivity index (χ0) is 9.80. The maximum absolute atomic E-state index is 8.43. The van der Waals surface area contributed by atoms with Crippen molar-refractivity contribution in [1.29, 1.82) is 5.26 Å². The van der Waals surface area contributed by atoms with Gasteiger partial charge in [0.05, 0.1) is 11.8 Å². The molecule has 4 heteroatoms. The lowest BCUT2D eigenvalue weighted by molar-refractivity contribution is 0.375. The number of hydrogen-bond donors (Lipinski definition) is 0. The highest BCUT2D eigenvalue weighted by atomic mass is 32.2. The molecule has 0 N–H and O–H groups in total. The number of hydrogen-bond acceptors (Lipinski definition) is 4. The zero-order valence-corrected chi connectivity index (χ0v) is 8.25. The van der Waals surface area contributed by atoms with Gasteiger partial charge in [-0.25, -0.2) is 4.99 Å². The fourth-order valence-corrected chi connectivity index (χ4v) is 1.70. The van der Waals surface area contributed by atoms with Crippen LogP contribution >= 0.6 is 11.8 Å². The lowest BCUT2D eigenvalue weighted by Gasteiger charge is -2.15. The van der Waals surface area contributed by atoms with Crippen molar-refractivity contribution >= 4 is 22.5 Å². The molecule has 2 rings (SSSR count). The summed E-state index contributed by atoms with van der Waals surface area (Å²) in [7, 11) is 0. The van der Waals surface area contributed by atoms with Crippen LogP contribution in [0, 0.1) is 11.3 Å². The Morgan fingerprint density at radius 2 is 2.36 bits per heavy atom. The Bertz CT molecular complexity index is 409. The highest BCUT2D eigenvalue weighted by Gasteiger charge is 2.11. The fourth-order valence-electron chi connectivity index (χ4n) is 1.17. The minimum atomic E-state index is 0.421. The van der Waals surface area contributed by atoms with E-state index in [4.69, 9.17) is 10.00 Å². The maximum atomic E-state index is 8.43. The number of ether oxygens (including phenoxy) is 1. The molecule has 70 valence electrons. The predicted octanol–water partition coefficient (Wildman–Crippen LogP) is 2.37. The van der Waals surface area contributed by atoms with Gasteiger partial charge in [-0.15, -0.1) is 0 Å². The third-order valence-electron chi connectivity index (χ3n) is 1.76. The van der Waals surface area contributed by atoms with Crippen molar-refractivity contribution in [3.8, 4) is 11.8 Å². The zero-order valence-electron chi connectivity index (χ0n) is 7.43. The molecule has 0 atom stereocenters. The molecular weight excluding hydrogens is 196 g/mol. The Balaban J connectivity index is 2.19. The van der Waals surface area contributed by atoms with Gasteiger partial charge >= 0.3 is 0 Å². The molecule has 1 aromatic carbocycles. The number of nitrogens with zero attached hydrogens (tertiary/aromatic N) is 2. The summed E-state index contributed by atoms with van der Waals surface area (Å²) in [6.45, 7) is 0.476. The van der Waals surface area contributed by atoms with E-state index >= 15 is 0 Å². The Hall–Kier alpha value is -1.47. The van der Waals surface area contributed by atoms with E-state index in [9.17, 15) is 0 Å². The van der Waals surface area contributed by atoms with E-state index < -0.39 is 0 Å². The van der Waals surface area contributed by atoms with Gasteiger partial charge in [0.15, 0.2) is 0 Å². The molecule has 0 aromatic heterocycles. The quantitative estimate of drug-likeness (QED) is 0.705. The Kier molecular flexibility index (Phi) is 2.70. The first kappa shape index (κ1) is 9.10. The summed E-state index contributed by atoms with van der Waals surface area (Å²) >= 11 is 1.42. The molecule has 3 nitrogen and oxygen atoms in total. The van der Waals surface area contributed by atoms with Crippen LogP contribution in [0.1, 0.15) is 0 Å². The van der Waals surface area contributed by atoms with E-state index in [0.29, 0.717) is 12.4 Å². The third kappa shape index (κ3) is 1.88. The molecule has 0 spiro atoms. The van der Waals surface area contributed by atoms with E-state index in [0.717, 1.165) is 16.5 Å². The number of thioether (sulfide) groups is 1. The number of nitriles is 1. The molecule has 0 fully saturated rings. The molecular formula is C10H8N2OS. The summed E-state index contributed by atoms with van der Waals surface area (Å²) in [6.07, 6.45) is 0. The molecule has 0 aliphatic carbocycles. The van der Waals surface area contributed by atoms with Gasteiger partial charge in [-0.2, -0.15) is 5.26 Å². The Labute approximate surface area is 86.4 Å². The van der Waals surface area contributed by atoms with Gasteiger partial charge in [0.25, 0.3) is 0 Å². The molecule has 1 aliphatic heterocycles. The van der Waals surface area contributed by atoms with E-state index in [-0.39, 0.29) is 0 Å². The van der Waals surface area contributed by atoms with Gasteiger partial charge in [-0.05, 0) is 12.1 Å². The Morgan fingerprint density at radius 3 is 3.21 bits per heavy atom. The lowest BCUT2D eigenvalue weighted by Crippen LogP contribution is -2.11. The van der Waals surface area contributed by atoms with Crippen LogP contribution < -0.4 is 4.74 Å². The van der Waals surface area contributed by atoms with Crippen molar-refractivity contribution in [3.63, 3.8) is 0 Å². The van der Waals surface area contributed by atoms with Crippen molar-refractivity contribution in [2.24, 2.45) is 4.99 Å². The summed E-state index contributed by atoms with van der Waals surface area (Å²) in [5.74, 6) is 1.23. The smallest absolute Gasteiger partial charge is 0.145 e. The minimum absolute atomic E-state index is 0.421. The van der Waals surface area contributed by atoms with Crippen molar-refractivity contribution in [3.05, 3.63) is 24.3 Å². The second kappa shape index (κ2) is 4.16. The van der Waals surface area contributed by atoms with Crippen LogP contribution in [0.2, 0.25) is 0 Å². The van der Waals surface area contributed by atoms with Crippen LogP contribution in [0.3, 0.4) is 0 Å². The fraction of sp³-hybridized carbons (Fsp3) is 0.200. The monoisotopic (exact) mass is 204 g/mol. The summed E-state index contributed by atoms with van der Waals surface area (Å²) in [6, 6.07) is 9.70. The van der Waals surface area contributed by atoms with Crippen LogP contribution in [0.4, 0.5) is 5.69 Å². The van der Waals surface area contributed by atoms with Gasteiger partial charge in [0.1, 0.15) is 23.1 Å². The largest absolute Gasteiger partial charge is 0.484 e. The maximum Gasteiger partial charge on any atom is 0.145 e. The normalized spacial score (nSPS) is 13.5. The van der Waals surface area contributed by atoms with Gasteiger partial charge in [0, 0.05) is 0 Å². The molecule has 1 aliphatic rings. The minimum Gasteiger partial charge on any atom is -0.484 e. The molecule has 0 radical (unpaired) electrons. The summed E-state index contributed by atoms with van der Waals surface area (Å²) in [5.41, 5.74) is 0.846. The van der Waals surface area contributed by atoms with Gasteiger partial charge in [-0.1, -0.05) is 23.9 Å². The van der Waals surface area contributed by atoms with Crippen LogP contribution in [0.25, 0.3) is 0 Å². The molecule has 0 unspecified atom stereocenters. The highest BCUT2D eigenvalue weighted by molar-refractivity contribution is 8.14. The van der Waals surface area contributed by atoms with Crippen molar-refractivity contribution < 1.29 is 4.74 Å². The van der Waals surface area contributed by atoms with Gasteiger partial charge < -0.3 is 4.74 Å². The number of benzene rings is 1. The predicted molar refractivity (Wildman–Crippen MR) is 57.1 cm³/mol. The van der Waals surface area contributed by atoms with Crippen LogP contribution in [0.5, 0.6) is 5.75 Å². The van der Waals surface area contributed by atoms with Crippen LogP contribution in [0.15, 0.2) is 29.3 Å². The number of rotatable bonds is 1. The lowest BCUT2D eigenvalue weighted by atomic mass is 10.3. The molecule has 0 saturated heterocycles. The molecule has 0 saturated carbocycles. The Morgan fingerprint density at radius 1 is 1.50 bits per heavy atom. The average molecular weight is 204 g/mol. The third-order valence-corrected chi connectivity index (χ3v) is 2.58. The average Bonchev–Trinajstić information content (AvgIpc) is 2.26. The number of para-hydroxylation sites is 2. The summed E-state index contributed by atoms with van der Waals surface area (Å²) in [5, 5.41) is 9.29. The highest BCUT2D eigenvalue weighted by Crippen LogP contribution is 2.31. The van der Waals surface area contributed by atoms with Gasteiger partial charge in [0.2, 0.25) is 0 Å². The van der Waals surface area contributed by atoms with Crippen molar-refractivity contribution in [2.75, 3.05) is 12.4 Å². The summed E-state index contributed by atoms with van der Waals surface area (Å²) < 4.78 is 5.47. The topological polar surface area (TPSA) is 45.4 Å². The molecule has 0 amide bonds. The van der Waals surface area contributed by atoms with E-state index in [1.807, 2.05) is 24.3 Å². The van der Waals surface area contributed by atoms with E-state index in [1.54, 1.807) is 0 Å². The molecule has 1 heterocycles. The van der Waals surface area contributed by atoms with Crippen LogP contribution in [-0.2, 0) is 0 Å². The summed E-state index contributed by atoms with van der Waals surface area (Å²) in [4.78, 5) is 4.39. The number of aliphatic imine (C=N–C) groups is 1. The molecule has 1 aromatic rings. The van der Waals surface area contributed by atoms with E-state index in [2.05, 4.69) is 11.1 Å². The first-order valence-corrected chi connectivity index (χ1v) is 5.18.